The van der Waals surface area contributed by atoms with E-state index in [1.54, 1.807) is 0 Å². The van der Waals surface area contributed by atoms with Crippen molar-refractivity contribution in [2.24, 2.45) is 0 Å². The Morgan fingerprint density at radius 2 is 2.10 bits per heavy atom. The lowest BCUT2D eigenvalue weighted by molar-refractivity contribution is 0.138. The molecule has 0 atom stereocenters. The summed E-state index contributed by atoms with van der Waals surface area (Å²) in [4.78, 5) is 13.8. The molecule has 0 radical (unpaired) electrons. The monoisotopic (exact) mass is 277 g/mol. The van der Waals surface area contributed by atoms with Gasteiger partial charge in [0.2, 0.25) is 0 Å². The highest BCUT2D eigenvalue weighted by molar-refractivity contribution is 5.38. The predicted molar refractivity (Wildman–Crippen MR) is 83.0 cm³/mol. The number of likely N-dealkylation sites (N-methyl/N-ethyl adjacent to an activating group) is 1. The Bertz CT molecular complexity index is 432. The van der Waals surface area contributed by atoms with Gasteiger partial charge in [0.25, 0.3) is 0 Å². The van der Waals surface area contributed by atoms with Gasteiger partial charge in [-0.15, -0.1) is 0 Å². The third kappa shape index (κ3) is 3.67. The summed E-state index contributed by atoms with van der Waals surface area (Å²) in [5, 5.41) is 3.38. The quantitative estimate of drug-likeness (QED) is 0.827. The Hall–Kier alpha value is -1.20. The molecule has 1 aliphatic heterocycles. The molecule has 2 rings (SSSR count). The van der Waals surface area contributed by atoms with Gasteiger partial charge in [-0.1, -0.05) is 6.92 Å². The maximum absolute atomic E-state index is 4.74. The second kappa shape index (κ2) is 6.50. The van der Waals surface area contributed by atoms with Gasteiger partial charge in [0, 0.05) is 37.9 Å². The van der Waals surface area contributed by atoms with E-state index in [1.807, 2.05) is 12.4 Å². The zero-order chi connectivity index (χ0) is 14.6. The molecule has 0 amide bonds. The Balaban J connectivity index is 2.03. The molecule has 20 heavy (non-hydrogen) atoms. The van der Waals surface area contributed by atoms with Gasteiger partial charge in [0.05, 0.1) is 11.9 Å². The minimum Gasteiger partial charge on any atom is -0.352 e. The Labute approximate surface area is 122 Å². The van der Waals surface area contributed by atoms with E-state index in [2.05, 4.69) is 47.9 Å². The van der Waals surface area contributed by atoms with Crippen LogP contribution in [0.4, 0.5) is 5.82 Å². The number of aromatic nitrogens is 2. The van der Waals surface area contributed by atoms with Crippen LogP contribution in [0.25, 0.3) is 0 Å². The number of nitrogens with one attached hydrogen (secondary N) is 1. The maximum Gasteiger partial charge on any atom is 0.147 e. The van der Waals surface area contributed by atoms with Crippen molar-refractivity contribution in [3.05, 3.63) is 18.1 Å². The SMILES string of the molecule is CCCNCc1cncc(N2CCN(C)C(C)(C)C2)n1. The molecule has 1 aromatic heterocycles. The van der Waals surface area contributed by atoms with Gasteiger partial charge in [-0.25, -0.2) is 4.98 Å². The largest absolute Gasteiger partial charge is 0.352 e. The molecular weight excluding hydrogens is 250 g/mol. The van der Waals surface area contributed by atoms with Crippen LogP contribution in [0.3, 0.4) is 0 Å². The summed E-state index contributed by atoms with van der Waals surface area (Å²) in [5.41, 5.74) is 1.20. The highest BCUT2D eigenvalue weighted by atomic mass is 15.3. The molecule has 1 N–H and O–H groups in total. The summed E-state index contributed by atoms with van der Waals surface area (Å²) < 4.78 is 0. The molecule has 1 aromatic rings. The van der Waals surface area contributed by atoms with Crippen molar-refractivity contribution in [2.45, 2.75) is 39.3 Å². The van der Waals surface area contributed by atoms with Crippen molar-refractivity contribution in [3.63, 3.8) is 0 Å². The average molecular weight is 277 g/mol. The molecule has 0 spiro atoms. The molecule has 0 aliphatic carbocycles. The first kappa shape index (κ1) is 15.2. The van der Waals surface area contributed by atoms with E-state index in [9.17, 15) is 0 Å². The van der Waals surface area contributed by atoms with Crippen LogP contribution >= 0.6 is 0 Å². The second-order valence-electron chi connectivity index (χ2n) is 6.20. The van der Waals surface area contributed by atoms with Gasteiger partial charge in [0.15, 0.2) is 0 Å². The van der Waals surface area contributed by atoms with Gasteiger partial charge < -0.3 is 10.2 Å². The molecule has 2 heterocycles. The van der Waals surface area contributed by atoms with E-state index in [-0.39, 0.29) is 5.54 Å². The summed E-state index contributed by atoms with van der Waals surface area (Å²) in [5.74, 6) is 1.00. The van der Waals surface area contributed by atoms with Gasteiger partial charge in [0.1, 0.15) is 5.82 Å². The smallest absolute Gasteiger partial charge is 0.147 e. The standard InChI is InChI=1S/C15H27N5/c1-5-6-16-9-13-10-17-11-14(18-13)20-8-7-19(4)15(2,3)12-20/h10-11,16H,5-9,12H2,1-4H3. The third-order valence-electron chi connectivity index (χ3n) is 4.05. The maximum atomic E-state index is 4.74. The van der Waals surface area contributed by atoms with E-state index in [1.165, 1.54) is 0 Å². The van der Waals surface area contributed by atoms with Gasteiger partial charge in [-0.05, 0) is 33.9 Å². The van der Waals surface area contributed by atoms with Crippen molar-refractivity contribution in [1.29, 1.82) is 0 Å². The van der Waals surface area contributed by atoms with Gasteiger partial charge in [-0.3, -0.25) is 9.88 Å². The van der Waals surface area contributed by atoms with Gasteiger partial charge in [-0.2, -0.15) is 0 Å². The van der Waals surface area contributed by atoms with E-state index in [0.29, 0.717) is 0 Å². The van der Waals surface area contributed by atoms with Crippen LogP contribution in [0.5, 0.6) is 0 Å². The Morgan fingerprint density at radius 1 is 1.30 bits per heavy atom. The topological polar surface area (TPSA) is 44.3 Å². The molecule has 0 bridgehead atoms. The van der Waals surface area contributed by atoms with Crippen molar-refractivity contribution >= 4 is 5.82 Å². The molecule has 0 aromatic carbocycles. The summed E-state index contributed by atoms with van der Waals surface area (Å²) in [6.07, 6.45) is 4.87. The lowest BCUT2D eigenvalue weighted by Crippen LogP contribution is -2.57. The zero-order valence-corrected chi connectivity index (χ0v) is 13.2. The minimum absolute atomic E-state index is 0.177. The fourth-order valence-corrected chi connectivity index (χ4v) is 2.46. The van der Waals surface area contributed by atoms with Crippen LogP contribution in [0, 0.1) is 0 Å². The normalized spacial score (nSPS) is 19.3. The molecule has 112 valence electrons. The van der Waals surface area contributed by atoms with Crippen LogP contribution in [0.2, 0.25) is 0 Å². The fraction of sp³-hybridized carbons (Fsp3) is 0.733. The lowest BCUT2D eigenvalue weighted by Gasteiger charge is -2.45. The van der Waals surface area contributed by atoms with Crippen molar-refractivity contribution in [2.75, 3.05) is 38.1 Å². The molecule has 5 heteroatoms. The van der Waals surface area contributed by atoms with Crippen molar-refractivity contribution in [1.82, 2.24) is 20.2 Å². The molecule has 0 unspecified atom stereocenters. The van der Waals surface area contributed by atoms with E-state index in [0.717, 1.165) is 50.7 Å². The average Bonchev–Trinajstić information content (AvgIpc) is 2.42. The number of piperazine rings is 1. The second-order valence-corrected chi connectivity index (χ2v) is 6.20. The van der Waals surface area contributed by atoms with Crippen LogP contribution in [-0.2, 0) is 6.54 Å². The van der Waals surface area contributed by atoms with Gasteiger partial charge >= 0.3 is 0 Å². The molecule has 1 saturated heterocycles. The third-order valence-corrected chi connectivity index (χ3v) is 4.05. The summed E-state index contributed by atoms with van der Waals surface area (Å²) in [6.45, 7) is 11.6. The zero-order valence-electron chi connectivity index (χ0n) is 13.2. The first-order valence-corrected chi connectivity index (χ1v) is 7.51. The van der Waals surface area contributed by atoms with E-state index < -0.39 is 0 Å². The molecular formula is C15H27N5. The van der Waals surface area contributed by atoms with E-state index in [4.69, 9.17) is 4.98 Å². The number of nitrogens with zero attached hydrogens (tertiary/aromatic N) is 4. The fourth-order valence-electron chi connectivity index (χ4n) is 2.46. The molecule has 0 saturated carbocycles. The van der Waals surface area contributed by atoms with Crippen LogP contribution < -0.4 is 10.2 Å². The lowest BCUT2D eigenvalue weighted by atomic mass is 10.00. The van der Waals surface area contributed by atoms with E-state index >= 15 is 0 Å². The highest BCUT2D eigenvalue weighted by Crippen LogP contribution is 2.22. The van der Waals surface area contributed by atoms with Crippen LogP contribution in [-0.4, -0.2) is 53.6 Å². The summed E-state index contributed by atoms with van der Waals surface area (Å²) in [7, 11) is 2.19. The van der Waals surface area contributed by atoms with Crippen molar-refractivity contribution in [3.8, 4) is 0 Å². The summed E-state index contributed by atoms with van der Waals surface area (Å²) in [6, 6.07) is 0. The molecule has 5 nitrogen and oxygen atoms in total. The minimum atomic E-state index is 0.177. The number of hydrogen-bond donors (Lipinski definition) is 1. The summed E-state index contributed by atoms with van der Waals surface area (Å²) >= 11 is 0. The van der Waals surface area contributed by atoms with Crippen molar-refractivity contribution < 1.29 is 0 Å². The first-order valence-electron chi connectivity index (χ1n) is 7.51. The molecule has 1 aliphatic rings. The number of rotatable bonds is 5. The Morgan fingerprint density at radius 3 is 2.80 bits per heavy atom. The first-order chi connectivity index (χ1) is 9.53. The van der Waals surface area contributed by atoms with Crippen LogP contribution in [0.15, 0.2) is 12.4 Å². The highest BCUT2D eigenvalue weighted by Gasteiger charge is 2.31. The van der Waals surface area contributed by atoms with Crippen LogP contribution in [0.1, 0.15) is 32.9 Å². The number of anilines is 1. The Kier molecular flexibility index (Phi) is 4.94. The number of hydrogen-bond acceptors (Lipinski definition) is 5. The molecule has 1 fully saturated rings. The predicted octanol–water partition coefficient (Wildman–Crippen LogP) is 1.51.